The third-order valence-corrected chi connectivity index (χ3v) is 3.03. The van der Waals surface area contributed by atoms with Crippen molar-refractivity contribution < 1.29 is 9.59 Å². The fourth-order valence-corrected chi connectivity index (χ4v) is 2.02. The quantitative estimate of drug-likeness (QED) is 0.596. The van der Waals surface area contributed by atoms with Crippen molar-refractivity contribution in [3.63, 3.8) is 0 Å². The lowest BCUT2D eigenvalue weighted by molar-refractivity contribution is -0.122. The average molecular weight is 223 g/mol. The summed E-state index contributed by atoms with van der Waals surface area (Å²) in [4.78, 5) is 22.5. The molecule has 3 N–H and O–H groups in total. The first-order valence-electron chi connectivity index (χ1n) is 5.73. The second-order valence-electron chi connectivity index (χ2n) is 4.30. The van der Waals surface area contributed by atoms with E-state index in [2.05, 4.69) is 28.1 Å². The summed E-state index contributed by atoms with van der Waals surface area (Å²) in [5.41, 5.74) is 0. The molecule has 1 fully saturated rings. The minimum absolute atomic E-state index is 0.0899. The molecule has 3 amide bonds. The fourth-order valence-electron chi connectivity index (χ4n) is 2.02. The Labute approximate surface area is 94.7 Å². The van der Waals surface area contributed by atoms with Gasteiger partial charge in [-0.2, -0.15) is 0 Å². The first kappa shape index (κ1) is 11.0. The molecule has 2 atom stereocenters. The van der Waals surface area contributed by atoms with Gasteiger partial charge >= 0.3 is 6.03 Å². The van der Waals surface area contributed by atoms with E-state index < -0.39 is 6.04 Å². The molecule has 2 rings (SSSR count). The second kappa shape index (κ2) is 5.01. The maximum absolute atomic E-state index is 11.6. The molecule has 0 aromatic heterocycles. The maximum Gasteiger partial charge on any atom is 0.315 e. The molecule has 2 aliphatic rings. The van der Waals surface area contributed by atoms with Crippen LogP contribution in [-0.4, -0.2) is 31.1 Å². The number of urea groups is 1. The zero-order chi connectivity index (χ0) is 11.4. The molecule has 16 heavy (non-hydrogen) atoms. The summed E-state index contributed by atoms with van der Waals surface area (Å²) in [6.07, 6.45) is 7.61. The van der Waals surface area contributed by atoms with E-state index in [0.717, 1.165) is 19.3 Å². The number of amides is 3. The Hall–Kier alpha value is -1.52. The summed E-state index contributed by atoms with van der Waals surface area (Å²) < 4.78 is 0. The molecule has 0 spiro atoms. The molecular weight excluding hydrogens is 206 g/mol. The first-order valence-corrected chi connectivity index (χ1v) is 5.73. The third kappa shape index (κ3) is 2.74. The Kier molecular flexibility index (Phi) is 3.44. The lowest BCUT2D eigenvalue weighted by Crippen LogP contribution is -2.44. The van der Waals surface area contributed by atoms with Crippen molar-refractivity contribution >= 4 is 11.9 Å². The summed E-state index contributed by atoms with van der Waals surface area (Å²) >= 11 is 0. The van der Waals surface area contributed by atoms with Gasteiger partial charge in [-0.3, -0.25) is 4.79 Å². The lowest BCUT2D eigenvalue weighted by atomic mass is 9.94. The van der Waals surface area contributed by atoms with Crippen LogP contribution in [0.4, 0.5) is 4.79 Å². The Morgan fingerprint density at radius 1 is 1.50 bits per heavy atom. The van der Waals surface area contributed by atoms with Crippen molar-refractivity contribution in [3.8, 4) is 0 Å². The molecule has 0 aromatic rings. The molecule has 88 valence electrons. The zero-order valence-corrected chi connectivity index (χ0v) is 9.16. The van der Waals surface area contributed by atoms with E-state index in [1.54, 1.807) is 0 Å². The van der Waals surface area contributed by atoms with Gasteiger partial charge in [0.05, 0.1) is 0 Å². The predicted octanol–water partition coefficient (Wildman–Crippen LogP) is 0.140. The molecule has 5 nitrogen and oxygen atoms in total. The van der Waals surface area contributed by atoms with Crippen molar-refractivity contribution in [2.45, 2.75) is 25.3 Å². The molecule has 1 aliphatic heterocycles. The van der Waals surface area contributed by atoms with Crippen LogP contribution in [0.15, 0.2) is 12.2 Å². The van der Waals surface area contributed by atoms with E-state index in [4.69, 9.17) is 0 Å². The van der Waals surface area contributed by atoms with Gasteiger partial charge in [0.15, 0.2) is 0 Å². The highest BCUT2D eigenvalue weighted by molar-refractivity contribution is 5.90. The van der Waals surface area contributed by atoms with Crippen LogP contribution in [0.2, 0.25) is 0 Å². The summed E-state index contributed by atoms with van der Waals surface area (Å²) in [7, 11) is 0. The van der Waals surface area contributed by atoms with Crippen molar-refractivity contribution in [3.05, 3.63) is 12.2 Å². The average Bonchev–Trinajstić information content (AvgIpc) is 2.74. The van der Waals surface area contributed by atoms with Crippen molar-refractivity contribution in [1.82, 2.24) is 16.0 Å². The molecule has 0 unspecified atom stereocenters. The highest BCUT2D eigenvalue weighted by Crippen LogP contribution is 2.16. The van der Waals surface area contributed by atoms with Gasteiger partial charge < -0.3 is 16.0 Å². The van der Waals surface area contributed by atoms with Gasteiger partial charge in [-0.05, 0) is 25.2 Å². The minimum Gasteiger partial charge on any atom is -0.354 e. The molecule has 0 bridgehead atoms. The van der Waals surface area contributed by atoms with Crippen LogP contribution < -0.4 is 16.0 Å². The zero-order valence-electron chi connectivity index (χ0n) is 9.16. The standard InChI is InChI=1S/C11H17N3O2/c15-10(9-7-13-11(16)14-9)12-6-8-4-2-1-3-5-8/h1-2,8-9H,3-7H2,(H,12,15)(H2,13,14,16)/t8-,9+/m1/s1. The van der Waals surface area contributed by atoms with Gasteiger partial charge in [-0.25, -0.2) is 4.79 Å². The number of carbonyl (C=O) groups excluding carboxylic acids is 2. The van der Waals surface area contributed by atoms with Crippen LogP contribution in [0.5, 0.6) is 0 Å². The van der Waals surface area contributed by atoms with Gasteiger partial charge in [0, 0.05) is 13.1 Å². The molecule has 1 heterocycles. The number of nitrogens with one attached hydrogen (secondary N) is 3. The molecule has 0 aromatic carbocycles. The monoisotopic (exact) mass is 223 g/mol. The van der Waals surface area contributed by atoms with Crippen molar-refractivity contribution in [2.24, 2.45) is 5.92 Å². The van der Waals surface area contributed by atoms with E-state index in [1.807, 2.05) is 0 Å². The molecule has 1 saturated heterocycles. The summed E-state index contributed by atoms with van der Waals surface area (Å²) in [5, 5.41) is 8.02. The van der Waals surface area contributed by atoms with Crippen LogP contribution in [0.1, 0.15) is 19.3 Å². The van der Waals surface area contributed by atoms with Crippen LogP contribution in [0.3, 0.4) is 0 Å². The minimum atomic E-state index is -0.411. The van der Waals surface area contributed by atoms with Crippen LogP contribution in [-0.2, 0) is 4.79 Å². The molecular formula is C11H17N3O2. The number of hydrogen-bond acceptors (Lipinski definition) is 2. The van der Waals surface area contributed by atoms with E-state index >= 15 is 0 Å². The summed E-state index contributed by atoms with van der Waals surface area (Å²) in [6, 6.07) is -0.674. The molecule has 0 radical (unpaired) electrons. The second-order valence-corrected chi connectivity index (χ2v) is 4.30. The Bertz CT molecular complexity index is 314. The van der Waals surface area contributed by atoms with Crippen molar-refractivity contribution in [1.29, 1.82) is 0 Å². The van der Waals surface area contributed by atoms with Gasteiger partial charge in [-0.15, -0.1) is 0 Å². The third-order valence-electron chi connectivity index (χ3n) is 3.03. The number of carbonyl (C=O) groups is 2. The lowest BCUT2D eigenvalue weighted by Gasteiger charge is -2.19. The van der Waals surface area contributed by atoms with E-state index in [-0.39, 0.29) is 11.9 Å². The predicted molar refractivity (Wildman–Crippen MR) is 59.8 cm³/mol. The molecule has 0 saturated carbocycles. The van der Waals surface area contributed by atoms with Gasteiger partial charge in [0.25, 0.3) is 0 Å². The molecule has 1 aliphatic carbocycles. The van der Waals surface area contributed by atoms with E-state index in [0.29, 0.717) is 19.0 Å². The first-order chi connectivity index (χ1) is 7.75. The highest BCUT2D eigenvalue weighted by Gasteiger charge is 2.26. The largest absolute Gasteiger partial charge is 0.354 e. The Morgan fingerprint density at radius 3 is 3.00 bits per heavy atom. The smallest absolute Gasteiger partial charge is 0.315 e. The topological polar surface area (TPSA) is 70.2 Å². The molecule has 5 heteroatoms. The number of allylic oxidation sites excluding steroid dienone is 2. The number of rotatable bonds is 3. The van der Waals surface area contributed by atoms with E-state index in [1.165, 1.54) is 0 Å². The van der Waals surface area contributed by atoms with Crippen LogP contribution >= 0.6 is 0 Å². The van der Waals surface area contributed by atoms with Gasteiger partial charge in [-0.1, -0.05) is 12.2 Å². The van der Waals surface area contributed by atoms with Gasteiger partial charge in [0.2, 0.25) is 5.91 Å². The summed E-state index contributed by atoms with van der Waals surface area (Å²) in [5.74, 6) is 0.451. The Balaban J connectivity index is 1.71. The van der Waals surface area contributed by atoms with Crippen molar-refractivity contribution in [2.75, 3.05) is 13.1 Å². The summed E-state index contributed by atoms with van der Waals surface area (Å²) in [6.45, 7) is 1.09. The van der Waals surface area contributed by atoms with Gasteiger partial charge in [0.1, 0.15) is 6.04 Å². The van der Waals surface area contributed by atoms with E-state index in [9.17, 15) is 9.59 Å². The highest BCUT2D eigenvalue weighted by atomic mass is 16.2. The van der Waals surface area contributed by atoms with Crippen LogP contribution in [0.25, 0.3) is 0 Å². The normalized spacial score (nSPS) is 28.4. The van der Waals surface area contributed by atoms with Crippen LogP contribution in [0, 0.1) is 5.92 Å². The SMILES string of the molecule is O=C1NC[C@@H](C(=O)NC[C@@H]2CC=CCC2)N1. The maximum atomic E-state index is 11.6. The number of hydrogen-bond donors (Lipinski definition) is 3. The fraction of sp³-hybridized carbons (Fsp3) is 0.636. The Morgan fingerprint density at radius 2 is 2.38 bits per heavy atom.